The second kappa shape index (κ2) is 8.11. The fraction of sp³-hybridized carbons (Fsp3) is 0.364. The molecular weight excluding hydrogens is 421 g/mol. The molecule has 2 amide bonds. The van der Waals surface area contributed by atoms with E-state index in [9.17, 15) is 14.2 Å². The lowest BCUT2D eigenvalue weighted by molar-refractivity contribution is -0.143. The second-order valence-electron chi connectivity index (χ2n) is 7.76. The molecule has 0 aromatic heterocycles. The summed E-state index contributed by atoms with van der Waals surface area (Å²) in [6, 6.07) is 17.1. The van der Waals surface area contributed by atoms with Gasteiger partial charge in [0, 0.05) is 0 Å². The van der Waals surface area contributed by atoms with Gasteiger partial charge in [0.1, 0.15) is 11.5 Å². The van der Waals surface area contributed by atoms with Crippen LogP contribution in [-0.4, -0.2) is 42.1 Å². The van der Waals surface area contributed by atoms with Gasteiger partial charge in [0.2, 0.25) is 11.8 Å². The van der Waals surface area contributed by atoms with E-state index in [4.69, 9.17) is 18.3 Å². The molecule has 2 aromatic rings. The van der Waals surface area contributed by atoms with Crippen molar-refractivity contribution in [2.75, 3.05) is 13.2 Å². The third-order valence-corrected chi connectivity index (χ3v) is 7.23. The molecule has 2 bridgehead atoms. The highest BCUT2D eigenvalue weighted by Gasteiger charge is 2.62. The number of likely N-dealkylation sites (tertiary alicyclic amines) is 1. The van der Waals surface area contributed by atoms with Gasteiger partial charge < -0.3 is 13.8 Å². The Morgan fingerprint density at radius 2 is 1.32 bits per heavy atom. The van der Waals surface area contributed by atoms with E-state index < -0.39 is 19.7 Å². The molecule has 3 aliphatic rings. The molecule has 0 saturated carbocycles. The van der Waals surface area contributed by atoms with E-state index in [0.717, 1.165) is 12.8 Å². The summed E-state index contributed by atoms with van der Waals surface area (Å²) in [6.07, 6.45) is 1.26. The summed E-state index contributed by atoms with van der Waals surface area (Å²) >= 11 is 0. The molecule has 0 N–H and O–H groups in total. The molecule has 5 rings (SSSR count). The number of amides is 2. The quantitative estimate of drug-likeness (QED) is 0.456. The molecule has 0 radical (unpaired) electrons. The zero-order valence-electron chi connectivity index (χ0n) is 16.7. The lowest BCUT2D eigenvalue weighted by Gasteiger charge is -2.21. The van der Waals surface area contributed by atoms with Crippen molar-refractivity contribution in [3.8, 4) is 11.5 Å². The van der Waals surface area contributed by atoms with Gasteiger partial charge in [-0.25, -0.2) is 4.57 Å². The van der Waals surface area contributed by atoms with Crippen LogP contribution in [0, 0.1) is 11.8 Å². The number of carbonyl (C=O) groups is 2. The predicted octanol–water partition coefficient (Wildman–Crippen LogP) is 3.43. The van der Waals surface area contributed by atoms with E-state index in [-0.39, 0.29) is 37.2 Å². The second-order valence-corrected chi connectivity index (χ2v) is 9.28. The summed E-state index contributed by atoms with van der Waals surface area (Å²) in [7, 11) is -4.07. The Labute approximate surface area is 179 Å². The van der Waals surface area contributed by atoms with Crippen molar-refractivity contribution in [3.05, 3.63) is 60.7 Å². The molecule has 9 heteroatoms. The van der Waals surface area contributed by atoms with Gasteiger partial charge in [0.15, 0.2) is 0 Å². The molecule has 3 saturated heterocycles. The van der Waals surface area contributed by atoms with E-state index in [1.54, 1.807) is 60.7 Å². The number of nitrogens with zero attached hydrogens (tertiary/aromatic N) is 1. The molecule has 3 heterocycles. The molecule has 8 nitrogen and oxygen atoms in total. The van der Waals surface area contributed by atoms with E-state index >= 15 is 0 Å². The summed E-state index contributed by atoms with van der Waals surface area (Å²) in [4.78, 5) is 26.7. The van der Waals surface area contributed by atoms with Crippen LogP contribution in [0.4, 0.5) is 0 Å². The Hall–Kier alpha value is -2.67. The maximum atomic E-state index is 13.3. The molecular formula is C22H22NO7P. The first-order valence-corrected chi connectivity index (χ1v) is 11.7. The third kappa shape index (κ3) is 3.87. The fourth-order valence-corrected chi connectivity index (χ4v) is 5.74. The lowest BCUT2D eigenvalue weighted by Crippen LogP contribution is -2.36. The van der Waals surface area contributed by atoms with Crippen LogP contribution in [0.3, 0.4) is 0 Å². The van der Waals surface area contributed by atoms with Crippen molar-refractivity contribution in [1.29, 1.82) is 0 Å². The van der Waals surface area contributed by atoms with Crippen LogP contribution in [0.1, 0.15) is 12.8 Å². The Balaban J connectivity index is 1.27. The molecule has 162 valence electrons. The predicted molar refractivity (Wildman–Crippen MR) is 109 cm³/mol. The Bertz CT molecular complexity index is 942. The van der Waals surface area contributed by atoms with E-state index in [2.05, 4.69) is 0 Å². The standard InChI is InChI=1S/C22H22NO7P/c24-21-19-17-11-12-18(28-17)20(19)22(25)23(21)13-14-27-31(26,29-15-7-3-1-4-8-15)30-16-9-5-2-6-10-16/h1-10,17-20H,11-14H2/t17-,18+,19-,20+. The average molecular weight is 443 g/mol. The smallest absolute Gasteiger partial charge is 0.395 e. The van der Waals surface area contributed by atoms with E-state index in [0.29, 0.717) is 11.5 Å². The number of phosphoric acid groups is 1. The topological polar surface area (TPSA) is 91.4 Å². The first kappa shape index (κ1) is 20.2. The van der Waals surface area contributed by atoms with Gasteiger partial charge in [-0.15, -0.1) is 0 Å². The number of fused-ring (bicyclic) bond motifs is 5. The van der Waals surface area contributed by atoms with Gasteiger partial charge in [0.25, 0.3) is 0 Å². The molecule has 0 spiro atoms. The normalized spacial score (nSPS) is 26.9. The number of ether oxygens (including phenoxy) is 1. The van der Waals surface area contributed by atoms with E-state index in [1.165, 1.54) is 4.90 Å². The number of phosphoric ester groups is 1. The van der Waals surface area contributed by atoms with Crippen LogP contribution in [0.15, 0.2) is 60.7 Å². The van der Waals surface area contributed by atoms with Crippen LogP contribution in [-0.2, 0) is 23.4 Å². The van der Waals surface area contributed by atoms with Gasteiger partial charge >= 0.3 is 7.82 Å². The zero-order chi connectivity index (χ0) is 21.4. The highest BCUT2D eigenvalue weighted by atomic mass is 31.2. The molecule has 31 heavy (non-hydrogen) atoms. The Kier molecular flexibility index (Phi) is 5.30. The maximum absolute atomic E-state index is 13.3. The summed E-state index contributed by atoms with van der Waals surface area (Å²) < 4.78 is 35.7. The van der Waals surface area contributed by atoms with Crippen LogP contribution >= 0.6 is 7.82 Å². The fourth-order valence-electron chi connectivity index (χ4n) is 4.53. The largest absolute Gasteiger partial charge is 0.587 e. The summed E-state index contributed by atoms with van der Waals surface area (Å²) in [6.45, 7) is -0.200. The summed E-state index contributed by atoms with van der Waals surface area (Å²) in [5, 5.41) is 0. The number of benzene rings is 2. The van der Waals surface area contributed by atoms with Crippen LogP contribution in [0.25, 0.3) is 0 Å². The minimum atomic E-state index is -4.07. The molecule has 2 aromatic carbocycles. The van der Waals surface area contributed by atoms with Gasteiger partial charge in [-0.05, 0) is 37.1 Å². The van der Waals surface area contributed by atoms with Gasteiger partial charge in [0.05, 0.1) is 37.2 Å². The highest BCUT2D eigenvalue weighted by Crippen LogP contribution is 2.50. The van der Waals surface area contributed by atoms with Crippen molar-refractivity contribution >= 4 is 19.6 Å². The van der Waals surface area contributed by atoms with Crippen molar-refractivity contribution < 1.29 is 32.5 Å². The van der Waals surface area contributed by atoms with Crippen molar-refractivity contribution in [2.24, 2.45) is 11.8 Å². The van der Waals surface area contributed by atoms with Crippen molar-refractivity contribution in [1.82, 2.24) is 4.90 Å². The van der Waals surface area contributed by atoms with Crippen molar-refractivity contribution in [3.63, 3.8) is 0 Å². The maximum Gasteiger partial charge on any atom is 0.587 e. The van der Waals surface area contributed by atoms with Gasteiger partial charge in [-0.3, -0.25) is 19.0 Å². The van der Waals surface area contributed by atoms with Crippen LogP contribution < -0.4 is 9.05 Å². The molecule has 0 unspecified atom stereocenters. The Morgan fingerprint density at radius 3 is 1.81 bits per heavy atom. The average Bonchev–Trinajstić information content (AvgIpc) is 3.45. The zero-order valence-corrected chi connectivity index (χ0v) is 17.6. The molecule has 3 fully saturated rings. The van der Waals surface area contributed by atoms with E-state index in [1.807, 2.05) is 0 Å². The molecule has 4 atom stereocenters. The lowest BCUT2D eigenvalue weighted by atomic mass is 9.81. The Morgan fingerprint density at radius 1 is 0.839 bits per heavy atom. The number of rotatable bonds is 8. The monoisotopic (exact) mass is 443 g/mol. The number of para-hydroxylation sites is 2. The number of carbonyl (C=O) groups excluding carboxylic acids is 2. The molecule has 3 aliphatic heterocycles. The first-order valence-electron chi connectivity index (χ1n) is 10.3. The van der Waals surface area contributed by atoms with Crippen molar-refractivity contribution in [2.45, 2.75) is 25.0 Å². The SMILES string of the molecule is O=C1[C@@H]2[C@H](C(=O)N1CCOP(=O)(Oc1ccccc1)Oc1ccccc1)[C@H]1CC[C@@H]2O1. The van der Waals surface area contributed by atoms with Gasteiger partial charge in [-0.1, -0.05) is 36.4 Å². The van der Waals surface area contributed by atoms with Crippen LogP contribution in [0.5, 0.6) is 11.5 Å². The first-order chi connectivity index (χ1) is 15.0. The minimum Gasteiger partial charge on any atom is -0.395 e. The molecule has 0 aliphatic carbocycles. The highest BCUT2D eigenvalue weighted by molar-refractivity contribution is 7.49. The number of imide groups is 1. The minimum absolute atomic E-state index is 0.0234. The van der Waals surface area contributed by atoms with Crippen LogP contribution in [0.2, 0.25) is 0 Å². The summed E-state index contributed by atoms with van der Waals surface area (Å²) in [5.74, 6) is -0.655. The summed E-state index contributed by atoms with van der Waals surface area (Å²) in [5.41, 5.74) is 0. The number of hydrogen-bond acceptors (Lipinski definition) is 7. The van der Waals surface area contributed by atoms with Gasteiger partial charge in [-0.2, -0.15) is 0 Å². The number of hydrogen-bond donors (Lipinski definition) is 0. The third-order valence-electron chi connectivity index (χ3n) is 5.86.